The molecule has 18 rings (SSSR count). The number of pyridine rings is 3. The topological polar surface area (TPSA) is 213 Å². The molecule has 2 N–H and O–H groups in total. The van der Waals surface area contributed by atoms with Gasteiger partial charge in [0.25, 0.3) is 0 Å². The Bertz CT molecular complexity index is 7320. The number of carbonyl (C=O) groups excluding carboxylic acids is 1. The predicted molar refractivity (Wildman–Crippen MR) is 536 cm³/mol. The maximum absolute atomic E-state index is 13.3. The monoisotopic (exact) mass is 1810 g/mol. The van der Waals surface area contributed by atoms with Crippen LogP contribution in [0.4, 0.5) is 0 Å². The molecular weight excluding hydrogens is 1720 g/mol. The van der Waals surface area contributed by atoms with Crippen LogP contribution in [0.3, 0.4) is 0 Å². The van der Waals surface area contributed by atoms with Crippen LogP contribution in [0.1, 0.15) is 126 Å². The highest BCUT2D eigenvalue weighted by atomic mass is 16.5. The molecule has 0 atom stereocenters. The molecule has 0 bridgehead atoms. The first-order valence-electron chi connectivity index (χ1n) is 45.0. The number of fused-ring (bicyclic) bond motifs is 3. The third-order valence-electron chi connectivity index (χ3n) is 22.0. The van der Waals surface area contributed by atoms with Crippen molar-refractivity contribution in [2.24, 2.45) is 0 Å². The van der Waals surface area contributed by atoms with Gasteiger partial charge in [-0.15, -0.1) is 0 Å². The van der Waals surface area contributed by atoms with Crippen LogP contribution in [-0.4, -0.2) is 56.3 Å². The van der Waals surface area contributed by atoms with Crippen molar-refractivity contribution in [3.8, 4) is 70.0 Å². The summed E-state index contributed by atoms with van der Waals surface area (Å²) in [5.74, 6) is 18.8. The van der Waals surface area contributed by atoms with E-state index in [2.05, 4.69) is 35.5 Å². The third-order valence-corrected chi connectivity index (χ3v) is 22.0. The molecule has 138 heavy (non-hydrogen) atoms. The average Bonchev–Trinajstić information content (AvgIpc) is 0.758. The number of aromatic nitrogens is 3. The molecular formula is C121H95N3O14. The van der Waals surface area contributed by atoms with Crippen molar-refractivity contribution in [3.63, 3.8) is 0 Å². The molecule has 0 fully saturated rings. The lowest BCUT2D eigenvalue weighted by Crippen LogP contribution is -2.11. The van der Waals surface area contributed by atoms with Gasteiger partial charge in [-0.3, -0.25) is 0 Å². The van der Waals surface area contributed by atoms with Crippen molar-refractivity contribution in [2.75, 3.05) is 13.2 Å². The molecule has 0 aliphatic rings. The Morgan fingerprint density at radius 2 is 0.565 bits per heavy atom. The summed E-state index contributed by atoms with van der Waals surface area (Å²) in [5.41, 5.74) is 15.6. The van der Waals surface area contributed by atoms with Crippen LogP contribution in [0, 0.1) is 35.5 Å². The van der Waals surface area contributed by atoms with Gasteiger partial charge in [-0.25, -0.2) is 29.3 Å². The van der Waals surface area contributed by atoms with Crippen LogP contribution in [0.15, 0.2) is 406 Å². The summed E-state index contributed by atoms with van der Waals surface area (Å²) < 4.78 is 55.7. The van der Waals surface area contributed by atoms with Crippen LogP contribution in [0.5, 0.6) is 34.5 Å². The van der Waals surface area contributed by atoms with E-state index < -0.39 is 17.9 Å². The molecule has 15 aromatic carbocycles. The minimum absolute atomic E-state index is 0.0813. The summed E-state index contributed by atoms with van der Waals surface area (Å²) in [6.07, 6.45) is 0.668. The third kappa shape index (κ3) is 26.4. The number of hydrogen-bond donors (Lipinski definition) is 2. The molecule has 0 unspecified atom stereocenters. The Hall–Kier alpha value is -17.7. The van der Waals surface area contributed by atoms with Gasteiger partial charge in [0.1, 0.15) is 99.0 Å². The summed E-state index contributed by atoms with van der Waals surface area (Å²) in [7, 11) is 0. The number of carboxylic acids is 2. The van der Waals surface area contributed by atoms with Gasteiger partial charge in [0, 0.05) is 57.3 Å². The maximum atomic E-state index is 13.3. The summed E-state index contributed by atoms with van der Waals surface area (Å²) in [5, 5.41) is 22.9. The van der Waals surface area contributed by atoms with Gasteiger partial charge < -0.3 is 52.8 Å². The van der Waals surface area contributed by atoms with Crippen LogP contribution in [0.2, 0.25) is 0 Å². The Balaban J connectivity index is 0.000000150. The van der Waals surface area contributed by atoms with E-state index >= 15 is 0 Å². The van der Waals surface area contributed by atoms with Crippen molar-refractivity contribution in [2.45, 2.75) is 72.3 Å². The number of rotatable bonds is 33. The first kappa shape index (κ1) is 93.6. The molecule has 18 aromatic rings. The van der Waals surface area contributed by atoms with E-state index in [1.54, 1.807) is 6.07 Å². The van der Waals surface area contributed by atoms with Crippen molar-refractivity contribution in [1.82, 2.24) is 15.0 Å². The SMILES string of the molecule is O=C(O)c1nc2c(OCc3ccccc3)c(C#CCOCc3ccccc3)ccc2c(OCc2ccccc2)c1Cc1ccccc1.O=C(O)c1nc2c(OCc3ccccc3)c(C#Cc3ccccc3)ccc2c(OCc2ccccc2)c1Cc1ccccc1.O=C(OCc1ccccc1)c1cc(OCc2ccccc2)c2cc(C#CCOCc3ccccc3)cc(OCc3ccccc3)c2n1. The van der Waals surface area contributed by atoms with Crippen molar-refractivity contribution < 1.29 is 67.2 Å². The Morgan fingerprint density at radius 3 is 0.935 bits per heavy atom. The maximum Gasteiger partial charge on any atom is 0.357 e. The zero-order valence-corrected chi connectivity index (χ0v) is 75.5. The van der Waals surface area contributed by atoms with Gasteiger partial charge in [-0.05, 0) is 110 Å². The molecule has 0 saturated carbocycles. The molecule has 3 aromatic heterocycles. The van der Waals surface area contributed by atoms with Crippen LogP contribution < -0.4 is 28.4 Å². The normalized spacial score (nSPS) is 10.6. The first-order chi connectivity index (χ1) is 68.0. The zero-order chi connectivity index (χ0) is 94.5. The number of esters is 1. The second kappa shape index (κ2) is 48.7. The summed E-state index contributed by atoms with van der Waals surface area (Å²) >= 11 is 0. The van der Waals surface area contributed by atoms with Crippen LogP contribution in [0.25, 0.3) is 32.7 Å². The first-order valence-corrected chi connectivity index (χ1v) is 45.0. The number of carbonyl (C=O) groups is 3. The molecule has 0 amide bonds. The quantitative estimate of drug-likeness (QED) is 0.0222. The van der Waals surface area contributed by atoms with E-state index in [0.29, 0.717) is 134 Å². The lowest BCUT2D eigenvalue weighted by molar-refractivity contribution is 0.0464. The fourth-order valence-corrected chi connectivity index (χ4v) is 15.1. The van der Waals surface area contributed by atoms with Gasteiger partial charge in [0.2, 0.25) is 0 Å². The van der Waals surface area contributed by atoms with E-state index in [-0.39, 0.29) is 63.3 Å². The molecule has 3 heterocycles. The molecule has 0 radical (unpaired) electrons. The average molecular weight is 1820 g/mol. The largest absolute Gasteiger partial charge is 0.488 e. The summed E-state index contributed by atoms with van der Waals surface area (Å²) in [6.45, 7) is 3.12. The van der Waals surface area contributed by atoms with Crippen molar-refractivity contribution >= 4 is 50.6 Å². The highest BCUT2D eigenvalue weighted by Gasteiger charge is 2.28. The number of ether oxygens (including phenoxy) is 9. The van der Waals surface area contributed by atoms with Crippen LogP contribution in [-0.2, 0) is 86.5 Å². The van der Waals surface area contributed by atoms with Gasteiger partial charge in [0.15, 0.2) is 28.6 Å². The lowest BCUT2D eigenvalue weighted by Gasteiger charge is -2.19. The van der Waals surface area contributed by atoms with E-state index in [1.165, 1.54) is 0 Å². The summed E-state index contributed by atoms with van der Waals surface area (Å²) in [6, 6.07) is 130. The fourth-order valence-electron chi connectivity index (χ4n) is 15.1. The standard InChI is InChI=1S/2C41H33NO5.C39H29NO4/c43-41(44)38-36(26-30-14-5-1-6-15-30)40(47-29-33-20-11-4-12-21-33)35-24-23-34(22-13-25-45-27-31-16-7-2-8-17-31)39(37(35)42-38)46-28-32-18-9-3-10-19-32;43-41(47-30-34-20-11-4-12-21-34)37-26-38(45-28-32-16-7-2-8-17-32)36-24-35(22-13-23-44-27-31-14-5-1-6-15-31)25-39(40(36)42-37)46-29-33-18-9-3-10-19-33;41-39(42)36-34(25-29-15-7-2-8-16-29)38(44-27-31-19-11-4-12-20-31)33-24-23-32(22-21-28-13-5-1-6-14-28)37(35(33)40-36)43-26-30-17-9-3-10-18-30/h1-12,14-21,23-24H,25-29H2,(H,43,44);1-12,14-21,24-26H,23,27-30H2;1-20,23-24H,25-27H2,(H,41,42). The van der Waals surface area contributed by atoms with E-state index in [0.717, 1.165) is 66.8 Å². The second-order valence-corrected chi connectivity index (χ2v) is 31.9. The number of aromatic carboxylic acids is 2. The number of hydrogen-bond acceptors (Lipinski definition) is 15. The molecule has 0 aliphatic heterocycles. The smallest absolute Gasteiger partial charge is 0.357 e. The van der Waals surface area contributed by atoms with Crippen molar-refractivity contribution in [1.29, 1.82) is 0 Å². The molecule has 17 heteroatoms. The molecule has 17 nitrogen and oxygen atoms in total. The van der Waals surface area contributed by atoms with Gasteiger partial charge >= 0.3 is 17.9 Å². The predicted octanol–water partition coefficient (Wildman–Crippen LogP) is 24.6. The van der Waals surface area contributed by atoms with E-state index in [4.69, 9.17) is 57.6 Å². The highest BCUT2D eigenvalue weighted by Crippen LogP contribution is 2.43. The minimum atomic E-state index is -1.15. The van der Waals surface area contributed by atoms with Crippen LogP contribution >= 0.6 is 0 Å². The van der Waals surface area contributed by atoms with E-state index in [9.17, 15) is 24.6 Å². The fraction of sp³-hybridized carbons (Fsp3) is 0.107. The lowest BCUT2D eigenvalue weighted by atomic mass is 9.98. The summed E-state index contributed by atoms with van der Waals surface area (Å²) in [4.78, 5) is 53.2. The van der Waals surface area contributed by atoms with Gasteiger partial charge in [-0.1, -0.05) is 387 Å². The number of benzene rings is 15. The van der Waals surface area contributed by atoms with Gasteiger partial charge in [0.05, 0.1) is 24.3 Å². The molecule has 0 aliphatic carbocycles. The number of nitrogens with zero attached hydrogens (tertiary/aromatic N) is 3. The molecule has 0 spiro atoms. The zero-order valence-electron chi connectivity index (χ0n) is 75.5. The Kier molecular flexibility index (Phi) is 33.0. The Morgan fingerprint density at radius 1 is 0.254 bits per heavy atom. The number of carboxylic acid groups (broad SMARTS) is 2. The minimum Gasteiger partial charge on any atom is -0.488 e. The molecule has 678 valence electrons. The van der Waals surface area contributed by atoms with E-state index in [1.807, 2.05) is 400 Å². The molecule has 0 saturated heterocycles. The van der Waals surface area contributed by atoms with Crippen molar-refractivity contribution in [3.05, 3.63) is 518 Å². The highest BCUT2D eigenvalue weighted by molar-refractivity contribution is 6.01. The second-order valence-electron chi connectivity index (χ2n) is 31.9. The van der Waals surface area contributed by atoms with Gasteiger partial charge in [-0.2, -0.15) is 0 Å². The Labute approximate surface area is 801 Å².